The van der Waals surface area contributed by atoms with E-state index in [1.165, 1.54) is 13.2 Å². The van der Waals surface area contributed by atoms with Gasteiger partial charge in [0, 0.05) is 18.9 Å². The van der Waals surface area contributed by atoms with Crippen LogP contribution in [0.4, 0.5) is 0 Å². The second-order valence-electron chi connectivity index (χ2n) is 4.89. The van der Waals surface area contributed by atoms with Gasteiger partial charge in [-0.1, -0.05) is 18.2 Å². The predicted molar refractivity (Wildman–Crippen MR) is 84.6 cm³/mol. The van der Waals surface area contributed by atoms with Gasteiger partial charge in [0.2, 0.25) is 0 Å². The maximum absolute atomic E-state index is 11.9. The molecule has 118 valence electrons. The molecule has 1 heterocycles. The summed E-state index contributed by atoms with van der Waals surface area (Å²) in [4.78, 5) is 11.9. The molecule has 0 radical (unpaired) electrons. The van der Waals surface area contributed by atoms with Crippen molar-refractivity contribution in [2.45, 2.75) is 13.0 Å². The normalized spacial score (nSPS) is 12.5. The number of methoxy groups -OCH3 is 1. The van der Waals surface area contributed by atoms with E-state index in [0.29, 0.717) is 5.56 Å². The van der Waals surface area contributed by atoms with Crippen LogP contribution in [0.25, 0.3) is 11.8 Å². The van der Waals surface area contributed by atoms with Crippen molar-refractivity contribution in [2.24, 2.45) is 0 Å². The standard InChI is InChI=1S/C17H17N3O3/c1-13(12-22-2)23-17(21)15(9-18)8-14-10-19-20(11-14)16-6-4-3-5-7-16/h3-8,10-11,13H,12H2,1-2H3/b15-8+/t13-/m1/s1. The number of carbonyl (C=O) groups excluding carboxylic acids is 1. The number of ether oxygens (including phenoxy) is 2. The minimum atomic E-state index is -0.676. The highest BCUT2D eigenvalue weighted by atomic mass is 16.6. The van der Waals surface area contributed by atoms with Crippen molar-refractivity contribution in [1.82, 2.24) is 9.78 Å². The zero-order valence-corrected chi connectivity index (χ0v) is 13.0. The van der Waals surface area contributed by atoms with Gasteiger partial charge in [0.15, 0.2) is 0 Å². The van der Waals surface area contributed by atoms with Crippen molar-refractivity contribution < 1.29 is 14.3 Å². The largest absolute Gasteiger partial charge is 0.456 e. The van der Waals surface area contributed by atoms with E-state index in [0.717, 1.165) is 5.69 Å². The molecule has 1 aromatic carbocycles. The molecule has 0 aliphatic carbocycles. The molecule has 0 spiro atoms. The maximum Gasteiger partial charge on any atom is 0.349 e. The maximum atomic E-state index is 11.9. The van der Waals surface area contributed by atoms with Gasteiger partial charge >= 0.3 is 5.97 Å². The Kier molecular flexibility index (Phi) is 5.67. The minimum Gasteiger partial charge on any atom is -0.456 e. The van der Waals surface area contributed by atoms with E-state index >= 15 is 0 Å². The Bertz CT molecular complexity index is 729. The van der Waals surface area contributed by atoms with Gasteiger partial charge in [0.25, 0.3) is 0 Å². The molecule has 2 rings (SSSR count). The summed E-state index contributed by atoms with van der Waals surface area (Å²) >= 11 is 0. The quantitative estimate of drug-likeness (QED) is 0.465. The number of benzene rings is 1. The van der Waals surface area contributed by atoms with Crippen LogP contribution in [0, 0.1) is 11.3 Å². The molecule has 1 aromatic heterocycles. The first-order valence-electron chi connectivity index (χ1n) is 7.06. The zero-order valence-electron chi connectivity index (χ0n) is 13.0. The molecule has 1 atom stereocenters. The van der Waals surface area contributed by atoms with Gasteiger partial charge in [0.1, 0.15) is 17.7 Å². The minimum absolute atomic E-state index is 0.0828. The first-order chi connectivity index (χ1) is 11.1. The fourth-order valence-corrected chi connectivity index (χ4v) is 1.95. The van der Waals surface area contributed by atoms with Crippen molar-refractivity contribution in [3.63, 3.8) is 0 Å². The van der Waals surface area contributed by atoms with Gasteiger partial charge in [-0.15, -0.1) is 0 Å². The summed E-state index contributed by atoms with van der Waals surface area (Å²) < 4.78 is 11.7. The first kappa shape index (κ1) is 16.5. The second kappa shape index (κ2) is 7.92. The molecule has 0 N–H and O–H groups in total. The highest BCUT2D eigenvalue weighted by molar-refractivity contribution is 5.97. The lowest BCUT2D eigenvalue weighted by Crippen LogP contribution is -2.20. The van der Waals surface area contributed by atoms with Crippen LogP contribution in [-0.4, -0.2) is 35.6 Å². The van der Waals surface area contributed by atoms with Crippen LogP contribution in [0.2, 0.25) is 0 Å². The van der Waals surface area contributed by atoms with Crippen molar-refractivity contribution >= 4 is 12.0 Å². The number of esters is 1. The summed E-state index contributed by atoms with van der Waals surface area (Å²) in [7, 11) is 1.52. The molecule has 0 unspecified atom stereocenters. The number of rotatable bonds is 6. The summed E-state index contributed by atoms with van der Waals surface area (Å²) in [6, 6.07) is 11.4. The molecule has 0 bridgehead atoms. The number of aromatic nitrogens is 2. The SMILES string of the molecule is COC[C@@H](C)OC(=O)/C(C#N)=C/c1cnn(-c2ccccc2)c1. The number of nitriles is 1. The molecule has 6 heteroatoms. The molecule has 0 aliphatic rings. The van der Waals surface area contributed by atoms with Crippen molar-refractivity contribution in [3.05, 3.63) is 53.9 Å². The average molecular weight is 311 g/mol. The fraction of sp³-hybridized carbons (Fsp3) is 0.235. The molecular weight excluding hydrogens is 294 g/mol. The van der Waals surface area contributed by atoms with Crippen molar-refractivity contribution in [1.29, 1.82) is 5.26 Å². The van der Waals surface area contributed by atoms with Crippen LogP contribution in [0.3, 0.4) is 0 Å². The molecule has 0 saturated carbocycles. The van der Waals surface area contributed by atoms with Crippen molar-refractivity contribution in [2.75, 3.05) is 13.7 Å². The predicted octanol–water partition coefficient (Wildman–Crippen LogP) is 2.36. The smallest absolute Gasteiger partial charge is 0.349 e. The van der Waals surface area contributed by atoms with Gasteiger partial charge in [-0.05, 0) is 25.1 Å². The van der Waals surface area contributed by atoms with Gasteiger partial charge in [0.05, 0.1) is 18.5 Å². The van der Waals surface area contributed by atoms with E-state index in [-0.39, 0.29) is 12.2 Å². The Hall–Kier alpha value is -2.91. The van der Waals surface area contributed by atoms with Crippen LogP contribution >= 0.6 is 0 Å². The van der Waals surface area contributed by atoms with Gasteiger partial charge in [-0.3, -0.25) is 0 Å². The third-order valence-corrected chi connectivity index (χ3v) is 2.98. The lowest BCUT2D eigenvalue weighted by molar-refractivity contribution is -0.145. The first-order valence-corrected chi connectivity index (χ1v) is 7.06. The van der Waals surface area contributed by atoms with E-state index in [4.69, 9.17) is 14.7 Å². The monoisotopic (exact) mass is 311 g/mol. The lowest BCUT2D eigenvalue weighted by atomic mass is 10.2. The lowest BCUT2D eigenvalue weighted by Gasteiger charge is -2.11. The van der Waals surface area contributed by atoms with E-state index < -0.39 is 12.1 Å². The molecule has 2 aromatic rings. The van der Waals surface area contributed by atoms with E-state index in [2.05, 4.69) is 5.10 Å². The van der Waals surface area contributed by atoms with E-state index in [1.54, 1.807) is 24.0 Å². The van der Waals surface area contributed by atoms with Gasteiger partial charge in [-0.25, -0.2) is 9.48 Å². The van der Waals surface area contributed by atoms with Crippen LogP contribution in [0.15, 0.2) is 48.3 Å². The summed E-state index contributed by atoms with van der Waals surface area (Å²) in [5.74, 6) is -0.676. The molecular formula is C17H17N3O3. The summed E-state index contributed by atoms with van der Waals surface area (Å²) in [6.45, 7) is 1.97. The third-order valence-electron chi connectivity index (χ3n) is 2.98. The Morgan fingerprint density at radius 3 is 2.83 bits per heavy atom. The summed E-state index contributed by atoms with van der Waals surface area (Å²) in [6.07, 6.45) is 4.35. The number of hydrogen-bond acceptors (Lipinski definition) is 5. The number of hydrogen-bond donors (Lipinski definition) is 0. The van der Waals surface area contributed by atoms with Crippen LogP contribution in [-0.2, 0) is 14.3 Å². The van der Waals surface area contributed by atoms with Crippen LogP contribution < -0.4 is 0 Å². The Morgan fingerprint density at radius 2 is 2.17 bits per heavy atom. The highest BCUT2D eigenvalue weighted by Gasteiger charge is 2.15. The highest BCUT2D eigenvalue weighted by Crippen LogP contribution is 2.12. The summed E-state index contributed by atoms with van der Waals surface area (Å²) in [5.41, 5.74) is 1.45. The molecule has 23 heavy (non-hydrogen) atoms. The number of nitrogens with zero attached hydrogens (tertiary/aromatic N) is 3. The van der Waals surface area contributed by atoms with Crippen LogP contribution in [0.5, 0.6) is 0 Å². The summed E-state index contributed by atoms with van der Waals surface area (Å²) in [5, 5.41) is 13.4. The topological polar surface area (TPSA) is 77.1 Å². The van der Waals surface area contributed by atoms with E-state index in [9.17, 15) is 4.79 Å². The van der Waals surface area contributed by atoms with Gasteiger partial charge < -0.3 is 9.47 Å². The molecule has 0 aliphatic heterocycles. The second-order valence-corrected chi connectivity index (χ2v) is 4.89. The fourth-order valence-electron chi connectivity index (χ4n) is 1.95. The molecule has 6 nitrogen and oxygen atoms in total. The molecule has 0 amide bonds. The van der Waals surface area contributed by atoms with E-state index in [1.807, 2.05) is 36.4 Å². The number of para-hydroxylation sites is 1. The average Bonchev–Trinajstić information content (AvgIpc) is 3.02. The molecule has 0 fully saturated rings. The van der Waals surface area contributed by atoms with Crippen molar-refractivity contribution in [3.8, 4) is 11.8 Å². The Balaban J connectivity index is 2.14. The Labute approximate surface area is 134 Å². The third kappa shape index (κ3) is 4.53. The Morgan fingerprint density at radius 1 is 1.43 bits per heavy atom. The number of carbonyl (C=O) groups is 1. The van der Waals surface area contributed by atoms with Crippen LogP contribution in [0.1, 0.15) is 12.5 Å². The van der Waals surface area contributed by atoms with Gasteiger partial charge in [-0.2, -0.15) is 10.4 Å². The molecule has 0 saturated heterocycles. The zero-order chi connectivity index (χ0) is 16.7.